The van der Waals surface area contributed by atoms with Crippen molar-refractivity contribution in [2.75, 3.05) is 7.11 Å². The maximum absolute atomic E-state index is 13.8. The first-order valence-electron chi connectivity index (χ1n) is 7.12. The molecule has 0 unspecified atom stereocenters. The summed E-state index contributed by atoms with van der Waals surface area (Å²) in [5.41, 5.74) is 0.897. The molecule has 138 valence electrons. The van der Waals surface area contributed by atoms with Crippen molar-refractivity contribution in [3.05, 3.63) is 42.0 Å². The number of halogens is 5. The van der Waals surface area contributed by atoms with Crippen LogP contribution in [0, 0.1) is 6.92 Å². The lowest BCUT2D eigenvalue weighted by atomic mass is 10.1. The molecule has 2 aromatic heterocycles. The highest BCUT2D eigenvalue weighted by atomic mass is 19.4. The van der Waals surface area contributed by atoms with E-state index in [9.17, 15) is 22.0 Å². The Balaban J connectivity index is 2.03. The van der Waals surface area contributed by atoms with Crippen molar-refractivity contribution < 1.29 is 31.4 Å². The molecular formula is C15H11F5N4O2. The zero-order valence-corrected chi connectivity index (χ0v) is 13.4. The normalized spacial score (nSPS) is 12.6. The van der Waals surface area contributed by atoms with Crippen molar-refractivity contribution in [3.63, 3.8) is 0 Å². The quantitative estimate of drug-likeness (QED) is 0.652. The van der Waals surface area contributed by atoms with Crippen molar-refractivity contribution in [2.45, 2.75) is 19.4 Å². The molecule has 26 heavy (non-hydrogen) atoms. The minimum atomic E-state index is -4.81. The number of alkyl halides is 5. The van der Waals surface area contributed by atoms with Crippen LogP contribution in [0.5, 0.6) is 5.75 Å². The second-order valence-electron chi connectivity index (χ2n) is 5.27. The highest BCUT2D eigenvalue weighted by Crippen LogP contribution is 2.31. The van der Waals surface area contributed by atoms with Gasteiger partial charge in [0.25, 0.3) is 0 Å². The molecule has 0 atom stereocenters. The van der Waals surface area contributed by atoms with E-state index in [2.05, 4.69) is 24.7 Å². The minimum absolute atomic E-state index is 0.0641. The Kier molecular flexibility index (Phi) is 4.26. The van der Waals surface area contributed by atoms with Crippen LogP contribution in [-0.4, -0.2) is 33.1 Å². The molecule has 0 saturated carbocycles. The highest BCUT2D eigenvalue weighted by molar-refractivity contribution is 5.62. The Bertz CT molecular complexity index is 955. The summed E-state index contributed by atoms with van der Waals surface area (Å²) in [6, 6.07) is 3.86. The van der Waals surface area contributed by atoms with E-state index in [-0.39, 0.29) is 22.7 Å². The summed E-state index contributed by atoms with van der Waals surface area (Å²) >= 11 is 0. The monoisotopic (exact) mass is 374 g/mol. The summed E-state index contributed by atoms with van der Waals surface area (Å²) in [5, 5.41) is 6.98. The Morgan fingerprint density at radius 2 is 1.81 bits per heavy atom. The van der Waals surface area contributed by atoms with Crippen LogP contribution < -0.4 is 4.74 Å². The Morgan fingerprint density at radius 1 is 1.08 bits per heavy atom. The molecule has 0 aliphatic rings. The zero-order chi connectivity index (χ0) is 19.1. The van der Waals surface area contributed by atoms with Crippen LogP contribution in [0.3, 0.4) is 0 Å². The largest absolute Gasteiger partial charge is 0.573 e. The molecule has 2 heterocycles. The predicted octanol–water partition coefficient (Wildman–Crippen LogP) is 3.69. The van der Waals surface area contributed by atoms with Crippen LogP contribution in [0.25, 0.3) is 16.9 Å². The van der Waals surface area contributed by atoms with E-state index in [1.54, 1.807) is 0 Å². The Hall–Kier alpha value is -2.82. The predicted molar refractivity (Wildman–Crippen MR) is 78.5 cm³/mol. The summed E-state index contributed by atoms with van der Waals surface area (Å²) in [5.74, 6) is -1.11. The molecule has 0 aliphatic heterocycles. The summed E-state index contributed by atoms with van der Waals surface area (Å²) < 4.78 is 73.6. The second kappa shape index (κ2) is 6.16. The molecule has 0 radical (unpaired) electrons. The zero-order valence-electron chi connectivity index (χ0n) is 13.4. The van der Waals surface area contributed by atoms with Crippen LogP contribution in [0.4, 0.5) is 22.0 Å². The molecule has 6 nitrogen and oxygen atoms in total. The van der Waals surface area contributed by atoms with E-state index in [4.69, 9.17) is 0 Å². The topological polar surface area (TPSA) is 61.5 Å². The van der Waals surface area contributed by atoms with Gasteiger partial charge >= 0.3 is 12.5 Å². The summed E-state index contributed by atoms with van der Waals surface area (Å²) in [4.78, 5) is 4.07. The van der Waals surface area contributed by atoms with E-state index >= 15 is 0 Å². The molecule has 0 spiro atoms. The molecule has 3 aromatic rings. The molecule has 0 saturated heterocycles. The number of aryl methyl sites for hydroxylation is 1. The van der Waals surface area contributed by atoms with Gasteiger partial charge in [0.05, 0.1) is 11.9 Å². The molecule has 0 amide bonds. The first-order valence-corrected chi connectivity index (χ1v) is 7.12. The summed E-state index contributed by atoms with van der Waals surface area (Å²) in [7, 11) is 0.825. The first kappa shape index (κ1) is 18.0. The van der Waals surface area contributed by atoms with E-state index < -0.39 is 18.3 Å². The van der Waals surface area contributed by atoms with Gasteiger partial charge in [-0.2, -0.15) is 8.78 Å². The third-order valence-corrected chi connectivity index (χ3v) is 3.51. The van der Waals surface area contributed by atoms with Gasteiger partial charge in [-0.25, -0.2) is 0 Å². The highest BCUT2D eigenvalue weighted by Gasteiger charge is 2.37. The fourth-order valence-electron chi connectivity index (χ4n) is 2.29. The lowest BCUT2D eigenvalue weighted by Gasteiger charge is -2.13. The first-order chi connectivity index (χ1) is 12.1. The molecule has 3 rings (SSSR count). The van der Waals surface area contributed by atoms with E-state index in [0.717, 1.165) is 17.6 Å². The van der Waals surface area contributed by atoms with Crippen molar-refractivity contribution in [2.24, 2.45) is 0 Å². The van der Waals surface area contributed by atoms with Crippen molar-refractivity contribution in [3.8, 4) is 17.0 Å². The van der Waals surface area contributed by atoms with Gasteiger partial charge in [0.1, 0.15) is 5.75 Å². The molecule has 0 N–H and O–H groups in total. The number of hydrogen-bond donors (Lipinski definition) is 0. The molecule has 0 bridgehead atoms. The van der Waals surface area contributed by atoms with Crippen LogP contribution in [0.2, 0.25) is 0 Å². The standard InChI is InChI=1S/C15H11F5N4O2/c1-8-5-9(3-4-11(8)26-15(18,19)20)10-7-24-12(6-21-10)22-23-13(24)14(16,17)25-2/h3-7H,1-2H3. The number of benzene rings is 1. The summed E-state index contributed by atoms with van der Waals surface area (Å²) in [6.45, 7) is 1.42. The number of fused-ring (bicyclic) bond motifs is 1. The van der Waals surface area contributed by atoms with Gasteiger partial charge in [-0.15, -0.1) is 23.4 Å². The molecule has 1 aromatic carbocycles. The Labute approximate surface area is 143 Å². The van der Waals surface area contributed by atoms with Gasteiger partial charge < -0.3 is 9.47 Å². The fourth-order valence-corrected chi connectivity index (χ4v) is 2.29. The van der Waals surface area contributed by atoms with Crippen molar-refractivity contribution in [1.82, 2.24) is 19.6 Å². The maximum atomic E-state index is 13.8. The van der Waals surface area contributed by atoms with Gasteiger partial charge in [-0.1, -0.05) is 0 Å². The molecule has 0 fully saturated rings. The minimum Gasteiger partial charge on any atom is -0.406 e. The number of aromatic nitrogens is 4. The third kappa shape index (κ3) is 3.43. The molecule has 0 aliphatic carbocycles. The van der Waals surface area contributed by atoms with Crippen LogP contribution >= 0.6 is 0 Å². The molecule has 11 heteroatoms. The number of methoxy groups -OCH3 is 1. The fraction of sp³-hybridized carbons (Fsp3) is 0.267. The third-order valence-electron chi connectivity index (χ3n) is 3.51. The van der Waals surface area contributed by atoms with Crippen LogP contribution in [0.1, 0.15) is 11.4 Å². The van der Waals surface area contributed by atoms with Gasteiger partial charge in [0, 0.05) is 18.9 Å². The second-order valence-corrected chi connectivity index (χ2v) is 5.27. The lowest BCUT2D eigenvalue weighted by Crippen LogP contribution is -2.19. The van der Waals surface area contributed by atoms with Crippen LogP contribution in [-0.2, 0) is 10.8 Å². The van der Waals surface area contributed by atoms with Gasteiger partial charge in [-0.3, -0.25) is 9.38 Å². The number of rotatable bonds is 4. The number of hydrogen-bond acceptors (Lipinski definition) is 5. The van der Waals surface area contributed by atoms with E-state index in [1.165, 1.54) is 31.5 Å². The SMILES string of the molecule is COC(F)(F)c1nnc2cnc(-c3ccc(OC(F)(F)F)c(C)c3)cn12. The number of ether oxygens (including phenoxy) is 2. The maximum Gasteiger partial charge on any atom is 0.573 e. The van der Waals surface area contributed by atoms with Gasteiger partial charge in [-0.05, 0) is 30.7 Å². The summed E-state index contributed by atoms with van der Waals surface area (Å²) in [6.07, 6.45) is -6.02. The van der Waals surface area contributed by atoms with E-state index in [1.807, 2.05) is 0 Å². The smallest absolute Gasteiger partial charge is 0.406 e. The van der Waals surface area contributed by atoms with Gasteiger partial charge in [0.2, 0.25) is 5.82 Å². The van der Waals surface area contributed by atoms with Gasteiger partial charge in [0.15, 0.2) is 5.65 Å². The van der Waals surface area contributed by atoms with E-state index in [0.29, 0.717) is 5.56 Å². The average molecular weight is 374 g/mol. The number of nitrogens with zero attached hydrogens (tertiary/aromatic N) is 4. The van der Waals surface area contributed by atoms with Crippen molar-refractivity contribution >= 4 is 5.65 Å². The average Bonchev–Trinajstić information content (AvgIpc) is 2.99. The molecular weight excluding hydrogens is 363 g/mol. The van der Waals surface area contributed by atoms with Crippen molar-refractivity contribution in [1.29, 1.82) is 0 Å². The lowest BCUT2D eigenvalue weighted by molar-refractivity contribution is -0.274. The Morgan fingerprint density at radius 3 is 2.42 bits per heavy atom. The van der Waals surface area contributed by atoms with Crippen LogP contribution in [0.15, 0.2) is 30.6 Å².